The number of aromatic nitrogens is 4. The average molecular weight is 1150 g/mol. The standard InChI is InChI=1S/C59H68ClFN10O9S/c1-35(2)51(58(77)71-33-42(74)29-47(71)57(76)62-32-38-13-15-39(16-14-38)55-36(3)63-34-81-55)48-31-49(66-80-48)79-25-10-9-24-78-26-23-70(18-17-50(75)67(5)6)59-64-54-45(56(65-59)69-21-19-68(20-22-69)37(4)72)30-46(60)52(53(54)61)44-28-41(73)27-40-11-7-8-12-43(40)44/h7-8,11-16,27-28,30-31,34-35,42,47,51,73-74H,9-10,17-26,29,32-33H2,1-6H3,(H,62,76)/t42-,47+,51-/m1/s1. The van der Waals surface area contributed by atoms with Gasteiger partial charge >= 0.3 is 0 Å². The molecule has 7 aromatic rings. The summed E-state index contributed by atoms with van der Waals surface area (Å²) in [6.07, 6.45) is 0.550. The van der Waals surface area contributed by atoms with E-state index in [-0.39, 0.29) is 121 Å². The van der Waals surface area contributed by atoms with Crippen LogP contribution in [0.2, 0.25) is 5.02 Å². The molecule has 4 amide bonds. The number of nitrogens with one attached hydrogen (secondary N) is 1. The van der Waals surface area contributed by atoms with E-state index in [1.807, 2.05) is 79.7 Å². The second-order valence-corrected chi connectivity index (χ2v) is 22.3. The van der Waals surface area contributed by atoms with E-state index in [1.165, 1.54) is 22.8 Å². The fourth-order valence-electron chi connectivity index (χ4n) is 10.4. The summed E-state index contributed by atoms with van der Waals surface area (Å²) in [5, 5.41) is 30.4. The molecule has 3 atom stereocenters. The third-order valence-corrected chi connectivity index (χ3v) is 16.1. The number of phenolic OH excluding ortho intramolecular Hbond substituents is 1. The third kappa shape index (κ3) is 13.5. The van der Waals surface area contributed by atoms with Gasteiger partial charge in [-0.3, -0.25) is 19.2 Å². The van der Waals surface area contributed by atoms with Crippen LogP contribution in [0.5, 0.6) is 11.6 Å². The number of β-amino-alcohol motifs (C(OH)–C–C–N with tert-alkyl or cyclic N) is 1. The van der Waals surface area contributed by atoms with Gasteiger partial charge in [0.1, 0.15) is 29.0 Å². The zero-order valence-corrected chi connectivity index (χ0v) is 47.9. The number of carbonyl (C=O) groups excluding carboxylic acids is 4. The summed E-state index contributed by atoms with van der Waals surface area (Å²) in [7, 11) is 3.35. The number of nitrogens with zero attached hydrogens (tertiary/aromatic N) is 9. The maximum absolute atomic E-state index is 17.4. The minimum atomic E-state index is -0.867. The smallest absolute Gasteiger partial charge is 0.254 e. The number of likely N-dealkylation sites (tertiary alicyclic amines) is 1. The highest BCUT2D eigenvalue weighted by atomic mass is 35.5. The Morgan fingerprint density at radius 3 is 2.42 bits per heavy atom. The average Bonchev–Trinajstić information content (AvgIpc) is 4.09. The quantitative estimate of drug-likeness (QED) is 0.0545. The number of aromatic hydroxyl groups is 1. The number of hydrogen-bond donors (Lipinski definition) is 3. The number of anilines is 2. The number of halogens is 2. The van der Waals surface area contributed by atoms with E-state index in [2.05, 4.69) is 15.5 Å². The van der Waals surface area contributed by atoms with E-state index < -0.39 is 23.9 Å². The highest BCUT2D eigenvalue weighted by Gasteiger charge is 2.43. The van der Waals surface area contributed by atoms with Crippen molar-refractivity contribution in [2.75, 3.05) is 89.5 Å². The van der Waals surface area contributed by atoms with Crippen LogP contribution in [0.25, 0.3) is 43.2 Å². The number of benzene rings is 4. The van der Waals surface area contributed by atoms with Gasteiger partial charge in [0.25, 0.3) is 5.88 Å². The number of rotatable bonds is 22. The van der Waals surface area contributed by atoms with Crippen molar-refractivity contribution in [3.63, 3.8) is 0 Å². The molecule has 0 radical (unpaired) electrons. The number of hydrogen-bond acceptors (Lipinski definition) is 16. The molecule has 22 heteroatoms. The number of fused-ring (bicyclic) bond motifs is 2. The summed E-state index contributed by atoms with van der Waals surface area (Å²) < 4.78 is 35.2. The summed E-state index contributed by atoms with van der Waals surface area (Å²) in [6, 6.07) is 20.7. The zero-order valence-electron chi connectivity index (χ0n) is 46.4. The van der Waals surface area contributed by atoms with Crippen LogP contribution in [-0.4, -0.2) is 161 Å². The molecule has 3 aromatic heterocycles. The molecule has 2 aliphatic rings. The molecule has 0 unspecified atom stereocenters. The third-order valence-electron chi connectivity index (χ3n) is 14.8. The Balaban J connectivity index is 0.827. The molecule has 81 heavy (non-hydrogen) atoms. The van der Waals surface area contributed by atoms with Crippen LogP contribution < -0.4 is 19.9 Å². The normalized spacial score (nSPS) is 15.9. The van der Waals surface area contributed by atoms with Crippen LogP contribution in [0.3, 0.4) is 0 Å². The fraction of sp³-hybridized carbons (Fsp3) is 0.424. The molecule has 2 fully saturated rings. The molecule has 0 spiro atoms. The molecule has 2 saturated heterocycles. The Bertz CT molecular complexity index is 3390. The molecule has 0 bridgehead atoms. The van der Waals surface area contributed by atoms with E-state index >= 15 is 4.39 Å². The van der Waals surface area contributed by atoms with Gasteiger partial charge in [0.15, 0.2) is 11.6 Å². The lowest BCUT2D eigenvalue weighted by atomic mass is 9.91. The first-order valence-corrected chi connectivity index (χ1v) is 28.5. The molecule has 428 valence electrons. The molecule has 4 aromatic carbocycles. The number of carbonyl (C=O) groups is 4. The van der Waals surface area contributed by atoms with Crippen LogP contribution in [0.4, 0.5) is 16.2 Å². The Kier molecular flexibility index (Phi) is 18.7. The molecular formula is C59H68ClFN10O9S. The van der Waals surface area contributed by atoms with Gasteiger partial charge in [0.2, 0.25) is 29.6 Å². The first-order chi connectivity index (χ1) is 38.9. The second kappa shape index (κ2) is 26.0. The van der Waals surface area contributed by atoms with Crippen molar-refractivity contribution in [3.8, 4) is 33.2 Å². The molecule has 19 nitrogen and oxygen atoms in total. The summed E-state index contributed by atoms with van der Waals surface area (Å²) >= 11 is 8.56. The van der Waals surface area contributed by atoms with Crippen LogP contribution in [0.15, 0.2) is 82.8 Å². The fourth-order valence-corrected chi connectivity index (χ4v) is 11.5. The van der Waals surface area contributed by atoms with Crippen LogP contribution >= 0.6 is 22.9 Å². The molecule has 5 heterocycles. The molecule has 3 N–H and O–H groups in total. The van der Waals surface area contributed by atoms with Crippen molar-refractivity contribution < 1.29 is 47.8 Å². The topological polar surface area (TPSA) is 220 Å². The van der Waals surface area contributed by atoms with Gasteiger partial charge in [-0.2, -0.15) is 4.98 Å². The lowest BCUT2D eigenvalue weighted by molar-refractivity contribution is -0.141. The van der Waals surface area contributed by atoms with E-state index in [1.54, 1.807) is 53.4 Å². The highest BCUT2D eigenvalue weighted by Crippen LogP contribution is 2.43. The maximum atomic E-state index is 17.4. The lowest BCUT2D eigenvalue weighted by Gasteiger charge is -2.36. The zero-order chi connectivity index (χ0) is 57.5. The Morgan fingerprint density at radius 2 is 1.70 bits per heavy atom. The molecule has 0 saturated carbocycles. The van der Waals surface area contributed by atoms with Crippen molar-refractivity contribution in [1.82, 2.24) is 40.1 Å². The number of aliphatic hydroxyl groups is 1. The predicted octanol–water partition coefficient (Wildman–Crippen LogP) is 8.21. The van der Waals surface area contributed by atoms with Gasteiger partial charge < -0.3 is 54.0 Å². The van der Waals surface area contributed by atoms with Gasteiger partial charge in [-0.15, -0.1) is 11.3 Å². The van der Waals surface area contributed by atoms with Crippen LogP contribution in [0.1, 0.15) is 69.4 Å². The second-order valence-electron chi connectivity index (χ2n) is 21.1. The summed E-state index contributed by atoms with van der Waals surface area (Å²) in [5.74, 6) is -1.56. The number of aryl methyl sites for hydroxylation is 1. The van der Waals surface area contributed by atoms with Crippen molar-refractivity contribution in [1.29, 1.82) is 0 Å². The minimum absolute atomic E-state index is 0.00299. The minimum Gasteiger partial charge on any atom is -0.508 e. The SMILES string of the molecule is CC(=O)N1CCN(c2nc(N(CCOCCCCOc3cc([C@H](C(=O)N4C[C@H](O)C[C@H]4C(=O)NCc4ccc(-c5scnc5C)cc4)C(C)C)on3)CCC(=O)N(C)C)nc3c(F)c(-c4cc(O)cc5ccccc45)c(Cl)cc23)CC1. The largest absolute Gasteiger partial charge is 0.508 e. The van der Waals surface area contributed by atoms with Crippen molar-refractivity contribution >= 4 is 80.0 Å². The summed E-state index contributed by atoms with van der Waals surface area (Å²) in [5.41, 5.74) is 5.18. The van der Waals surface area contributed by atoms with Gasteiger partial charge in [-0.05, 0) is 76.5 Å². The number of unbranched alkanes of at least 4 members (excludes halogenated alkanes) is 1. The van der Waals surface area contributed by atoms with Crippen molar-refractivity contribution in [2.45, 2.75) is 78.0 Å². The Labute approximate surface area is 478 Å². The van der Waals surface area contributed by atoms with Gasteiger partial charge in [0.05, 0.1) is 40.4 Å². The summed E-state index contributed by atoms with van der Waals surface area (Å²) in [6.45, 7) is 10.5. The van der Waals surface area contributed by atoms with E-state index in [4.69, 9.17) is 35.6 Å². The van der Waals surface area contributed by atoms with Gasteiger partial charge in [0, 0.05) is 110 Å². The molecular weight excluding hydrogens is 1080 g/mol. The molecule has 0 aliphatic carbocycles. The van der Waals surface area contributed by atoms with E-state index in [0.717, 1.165) is 21.7 Å². The van der Waals surface area contributed by atoms with Gasteiger partial charge in [-0.25, -0.2) is 14.4 Å². The Hall–Kier alpha value is -7.46. The van der Waals surface area contributed by atoms with Crippen LogP contribution in [0, 0.1) is 18.7 Å². The number of piperazine rings is 1. The Morgan fingerprint density at radius 1 is 0.951 bits per heavy atom. The number of thiazole rings is 1. The van der Waals surface area contributed by atoms with E-state index in [9.17, 15) is 29.4 Å². The number of ether oxygens (including phenoxy) is 2. The summed E-state index contributed by atoms with van der Waals surface area (Å²) in [4.78, 5) is 76.9. The van der Waals surface area contributed by atoms with Crippen LogP contribution in [-0.2, 0) is 30.5 Å². The maximum Gasteiger partial charge on any atom is 0.254 e. The van der Waals surface area contributed by atoms with Gasteiger partial charge in [-0.1, -0.05) is 74.0 Å². The lowest BCUT2D eigenvalue weighted by Crippen LogP contribution is -2.48. The monoisotopic (exact) mass is 1150 g/mol. The predicted molar refractivity (Wildman–Crippen MR) is 309 cm³/mol. The number of amides is 4. The molecule has 9 rings (SSSR count). The first-order valence-electron chi connectivity index (χ1n) is 27.3. The number of phenols is 1. The highest BCUT2D eigenvalue weighted by molar-refractivity contribution is 7.13. The molecule has 2 aliphatic heterocycles. The number of aliphatic hydroxyl groups excluding tert-OH is 1. The van der Waals surface area contributed by atoms with Crippen molar-refractivity contribution in [3.05, 3.63) is 106 Å². The van der Waals surface area contributed by atoms with E-state index in [0.29, 0.717) is 73.2 Å². The first kappa shape index (κ1) is 58.2. The van der Waals surface area contributed by atoms with Crippen molar-refractivity contribution in [2.24, 2.45) is 5.92 Å².